The molecular weight excluding hydrogens is 506 g/mol. The number of nitrogens with one attached hydrogen (secondary N) is 3. The molecule has 3 N–H and O–H groups in total. The van der Waals surface area contributed by atoms with E-state index in [0.717, 1.165) is 58.9 Å². The Morgan fingerprint density at radius 1 is 1.16 bits per heavy atom. The van der Waals surface area contributed by atoms with E-state index in [1.165, 1.54) is 0 Å². The van der Waals surface area contributed by atoms with E-state index in [1.807, 2.05) is 41.7 Å². The van der Waals surface area contributed by atoms with E-state index in [4.69, 9.17) is 4.98 Å². The molecule has 6 rings (SSSR count). The van der Waals surface area contributed by atoms with Crippen molar-refractivity contribution >= 4 is 56.2 Å². The lowest BCUT2D eigenvalue weighted by Gasteiger charge is -2.38. The third-order valence-corrected chi connectivity index (χ3v) is 9.55. The van der Waals surface area contributed by atoms with E-state index < -0.39 is 0 Å². The number of carbonyl (C=O) groups excluding carboxylic acids is 2. The lowest BCUT2D eigenvalue weighted by molar-refractivity contribution is -0.119. The number of nitrogens with zero attached hydrogens (tertiary/aromatic N) is 4. The highest BCUT2D eigenvalue weighted by molar-refractivity contribution is 7.98. The van der Waals surface area contributed by atoms with E-state index in [0.29, 0.717) is 43.1 Å². The second-order valence-electron chi connectivity index (χ2n) is 10.4. The van der Waals surface area contributed by atoms with Crippen molar-refractivity contribution in [3.63, 3.8) is 0 Å². The van der Waals surface area contributed by atoms with Crippen molar-refractivity contribution in [1.82, 2.24) is 25.2 Å². The largest absolute Gasteiger partial charge is 0.359 e. The molecule has 4 heterocycles. The van der Waals surface area contributed by atoms with Gasteiger partial charge in [-0.1, -0.05) is 11.3 Å². The van der Waals surface area contributed by atoms with Crippen LogP contribution in [0.15, 0.2) is 35.5 Å². The van der Waals surface area contributed by atoms with Crippen LogP contribution in [0.3, 0.4) is 0 Å². The quantitative estimate of drug-likeness (QED) is 0.405. The van der Waals surface area contributed by atoms with Gasteiger partial charge in [0.2, 0.25) is 11.9 Å². The molecular formula is C26H31N7O2S2. The molecule has 2 aliphatic heterocycles. The molecule has 0 radical (unpaired) electrons. The highest BCUT2D eigenvalue weighted by atomic mass is 32.2. The minimum atomic E-state index is 0.0357. The monoisotopic (exact) mass is 537 g/mol. The average Bonchev–Trinajstić information content (AvgIpc) is 3.63. The summed E-state index contributed by atoms with van der Waals surface area (Å²) in [6.07, 6.45) is 11.1. The van der Waals surface area contributed by atoms with E-state index >= 15 is 0 Å². The minimum Gasteiger partial charge on any atom is -0.359 e. The number of benzene rings is 1. The molecule has 1 aromatic carbocycles. The van der Waals surface area contributed by atoms with E-state index in [-0.39, 0.29) is 17.2 Å². The second-order valence-corrected chi connectivity index (χ2v) is 12.3. The van der Waals surface area contributed by atoms with Crippen LogP contribution in [0.5, 0.6) is 0 Å². The number of fused-ring (bicyclic) bond motifs is 1. The summed E-state index contributed by atoms with van der Waals surface area (Å²) in [5, 5.41) is 10.9. The Kier molecular flexibility index (Phi) is 6.66. The van der Waals surface area contributed by atoms with Crippen LogP contribution in [0, 0.1) is 5.41 Å². The third-order valence-electron chi connectivity index (χ3n) is 7.90. The Labute approximate surface area is 224 Å². The van der Waals surface area contributed by atoms with Gasteiger partial charge in [0.05, 0.1) is 10.2 Å². The Hall–Kier alpha value is -2.92. The van der Waals surface area contributed by atoms with Crippen molar-refractivity contribution < 1.29 is 9.59 Å². The molecule has 0 unspecified atom stereocenters. The predicted octanol–water partition coefficient (Wildman–Crippen LogP) is 4.00. The van der Waals surface area contributed by atoms with Crippen LogP contribution in [0.1, 0.15) is 48.9 Å². The first-order valence-electron chi connectivity index (χ1n) is 12.8. The Morgan fingerprint density at radius 2 is 1.92 bits per heavy atom. The first-order chi connectivity index (χ1) is 18.0. The number of hydrogen-bond acceptors (Lipinski definition) is 9. The molecule has 2 aromatic heterocycles. The summed E-state index contributed by atoms with van der Waals surface area (Å²) >= 11 is 3.26. The van der Waals surface area contributed by atoms with Crippen molar-refractivity contribution in [2.24, 2.45) is 5.41 Å². The molecule has 1 saturated carbocycles. The minimum absolute atomic E-state index is 0.0357. The fourth-order valence-electron chi connectivity index (χ4n) is 5.69. The fourth-order valence-corrected chi connectivity index (χ4v) is 6.93. The molecule has 3 fully saturated rings. The maximum atomic E-state index is 13.2. The summed E-state index contributed by atoms with van der Waals surface area (Å²) in [5.41, 5.74) is 1.57. The van der Waals surface area contributed by atoms with Crippen molar-refractivity contribution in [2.45, 2.75) is 55.5 Å². The van der Waals surface area contributed by atoms with Crippen LogP contribution in [0.2, 0.25) is 0 Å². The smallest absolute Gasteiger partial charge is 0.253 e. The first-order valence-corrected chi connectivity index (χ1v) is 14.9. The van der Waals surface area contributed by atoms with E-state index in [9.17, 15) is 9.59 Å². The number of hydrogen-bond donors (Lipinski definition) is 3. The number of carbonyl (C=O) groups is 2. The van der Waals surface area contributed by atoms with Gasteiger partial charge >= 0.3 is 0 Å². The van der Waals surface area contributed by atoms with Crippen molar-refractivity contribution in [1.29, 1.82) is 0 Å². The Morgan fingerprint density at radius 3 is 2.62 bits per heavy atom. The standard InChI is InChI=1S/C26H31N7O2S2/c1-36-19-13-27-24(28-14-19)30-17-3-4-18(11-17)31-25-32-20-10-16(2-5-21(20)37-25)23(35)33-8-6-26(7-9-33)12-22(34)29-15-26/h2,5,10,13-14,17-18H,3-4,6-9,11-12,15H2,1H3,(H,29,34)(H,31,32)(H,27,28,30)/t17-,18-/m0/s1. The molecule has 37 heavy (non-hydrogen) atoms. The number of anilines is 2. The molecule has 1 aliphatic carbocycles. The lowest BCUT2D eigenvalue weighted by Crippen LogP contribution is -2.44. The van der Waals surface area contributed by atoms with Crippen LogP contribution in [0.25, 0.3) is 10.2 Å². The van der Waals surface area contributed by atoms with Gasteiger partial charge in [0.25, 0.3) is 5.91 Å². The summed E-state index contributed by atoms with van der Waals surface area (Å²) in [7, 11) is 0. The van der Waals surface area contributed by atoms with Gasteiger partial charge in [0, 0.05) is 61.0 Å². The zero-order valence-corrected chi connectivity index (χ0v) is 22.5. The molecule has 3 aromatic rings. The molecule has 194 valence electrons. The van der Waals surface area contributed by atoms with Crippen LogP contribution in [0.4, 0.5) is 11.1 Å². The maximum Gasteiger partial charge on any atom is 0.253 e. The maximum absolute atomic E-state index is 13.2. The average molecular weight is 538 g/mol. The van der Waals surface area contributed by atoms with Gasteiger partial charge in [-0.2, -0.15) is 0 Å². The summed E-state index contributed by atoms with van der Waals surface area (Å²) in [6, 6.07) is 6.50. The molecule has 0 bridgehead atoms. The van der Waals surface area contributed by atoms with Crippen LogP contribution < -0.4 is 16.0 Å². The van der Waals surface area contributed by atoms with Gasteiger partial charge in [-0.25, -0.2) is 15.0 Å². The number of likely N-dealkylation sites (tertiary alicyclic amines) is 1. The number of thioether (sulfide) groups is 1. The normalized spacial score (nSPS) is 22.9. The van der Waals surface area contributed by atoms with Crippen molar-refractivity contribution in [3.8, 4) is 0 Å². The summed E-state index contributed by atoms with van der Waals surface area (Å²) < 4.78 is 1.07. The number of thiazole rings is 1. The van der Waals surface area contributed by atoms with Gasteiger partial charge in [-0.3, -0.25) is 9.59 Å². The van der Waals surface area contributed by atoms with E-state index in [2.05, 4.69) is 25.9 Å². The number of aromatic nitrogens is 3. The summed E-state index contributed by atoms with van der Waals surface area (Å²) in [6.45, 7) is 2.13. The zero-order chi connectivity index (χ0) is 25.4. The van der Waals surface area contributed by atoms with Gasteiger partial charge in [-0.05, 0) is 62.0 Å². The third kappa shape index (κ3) is 5.24. The predicted molar refractivity (Wildman–Crippen MR) is 147 cm³/mol. The molecule has 1 spiro atoms. The van der Waals surface area contributed by atoms with Crippen LogP contribution in [-0.4, -0.2) is 69.6 Å². The number of rotatable bonds is 6. The van der Waals surface area contributed by atoms with Gasteiger partial charge < -0.3 is 20.9 Å². The van der Waals surface area contributed by atoms with Crippen LogP contribution >= 0.6 is 23.1 Å². The molecule has 11 heteroatoms. The summed E-state index contributed by atoms with van der Waals surface area (Å²) in [4.78, 5) is 41.5. The van der Waals surface area contributed by atoms with Gasteiger partial charge in [0.1, 0.15) is 0 Å². The molecule has 3 aliphatic rings. The molecule has 2 atom stereocenters. The Balaban J connectivity index is 1.05. The van der Waals surface area contributed by atoms with Gasteiger partial charge in [-0.15, -0.1) is 11.8 Å². The van der Waals surface area contributed by atoms with Crippen molar-refractivity contribution in [2.75, 3.05) is 36.5 Å². The number of piperidine rings is 1. The molecule has 2 amide bonds. The number of amides is 2. The lowest BCUT2D eigenvalue weighted by atomic mass is 9.77. The highest BCUT2D eigenvalue weighted by Gasteiger charge is 2.41. The SMILES string of the molecule is CSc1cnc(N[C@H]2CC[C@H](Nc3nc4cc(C(=O)N5CCC6(CC5)CNC(=O)C6)ccc4s3)C2)nc1. The second kappa shape index (κ2) is 10.1. The first kappa shape index (κ1) is 24.4. The topological polar surface area (TPSA) is 112 Å². The molecule has 9 nitrogen and oxygen atoms in total. The van der Waals surface area contributed by atoms with E-state index in [1.54, 1.807) is 23.1 Å². The zero-order valence-electron chi connectivity index (χ0n) is 20.8. The van der Waals surface area contributed by atoms with Crippen molar-refractivity contribution in [3.05, 3.63) is 36.2 Å². The Bertz CT molecular complexity index is 1300. The fraction of sp³-hybridized carbons (Fsp3) is 0.500. The summed E-state index contributed by atoms with van der Waals surface area (Å²) in [5.74, 6) is 0.865. The van der Waals surface area contributed by atoms with Crippen LogP contribution in [-0.2, 0) is 4.79 Å². The highest BCUT2D eigenvalue weighted by Crippen LogP contribution is 2.38. The van der Waals surface area contributed by atoms with Gasteiger partial charge in [0.15, 0.2) is 5.13 Å². The molecule has 2 saturated heterocycles.